The van der Waals surface area contributed by atoms with E-state index in [-0.39, 0.29) is 5.91 Å². The average molecular weight is 293 g/mol. The summed E-state index contributed by atoms with van der Waals surface area (Å²) in [6, 6.07) is 2.07. The standard InChI is InChI=1S/C17H31N3O/c1-13(21)20-11-8-14(9-12-20)19-17-7-4-5-15(17)16-6-2-3-10-18-16/h14-19H,2-12H2,1H3. The maximum absolute atomic E-state index is 11.4. The summed E-state index contributed by atoms with van der Waals surface area (Å²) in [7, 11) is 0. The van der Waals surface area contributed by atoms with E-state index in [0.29, 0.717) is 12.1 Å². The molecule has 21 heavy (non-hydrogen) atoms. The van der Waals surface area contributed by atoms with Gasteiger partial charge < -0.3 is 15.5 Å². The molecule has 3 unspecified atom stereocenters. The number of carbonyl (C=O) groups is 1. The van der Waals surface area contributed by atoms with Crippen LogP contribution in [0, 0.1) is 5.92 Å². The summed E-state index contributed by atoms with van der Waals surface area (Å²) in [5.74, 6) is 1.06. The number of piperidine rings is 2. The summed E-state index contributed by atoms with van der Waals surface area (Å²) in [6.07, 6.45) is 10.5. The van der Waals surface area contributed by atoms with E-state index < -0.39 is 0 Å². The van der Waals surface area contributed by atoms with Crippen molar-refractivity contribution in [3.8, 4) is 0 Å². The van der Waals surface area contributed by atoms with Gasteiger partial charge in [-0.2, -0.15) is 0 Å². The Hall–Kier alpha value is -0.610. The van der Waals surface area contributed by atoms with Gasteiger partial charge in [-0.15, -0.1) is 0 Å². The summed E-state index contributed by atoms with van der Waals surface area (Å²) in [5.41, 5.74) is 0. The summed E-state index contributed by atoms with van der Waals surface area (Å²) >= 11 is 0. The molecule has 0 spiro atoms. The lowest BCUT2D eigenvalue weighted by atomic mass is 9.87. The van der Waals surface area contributed by atoms with Crippen LogP contribution in [0.25, 0.3) is 0 Å². The van der Waals surface area contributed by atoms with Crippen LogP contribution in [-0.2, 0) is 4.79 Å². The molecule has 3 atom stereocenters. The van der Waals surface area contributed by atoms with Crippen molar-refractivity contribution in [2.75, 3.05) is 19.6 Å². The number of hydrogen-bond acceptors (Lipinski definition) is 3. The quantitative estimate of drug-likeness (QED) is 0.835. The molecule has 2 saturated heterocycles. The normalized spacial score (nSPS) is 35.1. The molecule has 0 radical (unpaired) electrons. The number of nitrogens with one attached hydrogen (secondary N) is 2. The zero-order valence-corrected chi connectivity index (χ0v) is 13.4. The Labute approximate surface area is 129 Å². The van der Waals surface area contributed by atoms with Gasteiger partial charge in [0.2, 0.25) is 5.91 Å². The third-order valence-electron chi connectivity index (χ3n) is 5.82. The SMILES string of the molecule is CC(=O)N1CCC(NC2CCCC2C2CCCCN2)CC1. The van der Waals surface area contributed by atoms with Crippen molar-refractivity contribution >= 4 is 5.91 Å². The highest BCUT2D eigenvalue weighted by molar-refractivity contribution is 5.73. The smallest absolute Gasteiger partial charge is 0.219 e. The number of hydrogen-bond donors (Lipinski definition) is 2. The van der Waals surface area contributed by atoms with Crippen molar-refractivity contribution in [2.45, 2.75) is 76.4 Å². The molecule has 2 heterocycles. The van der Waals surface area contributed by atoms with Gasteiger partial charge in [-0.25, -0.2) is 0 Å². The van der Waals surface area contributed by atoms with Gasteiger partial charge in [-0.3, -0.25) is 4.79 Å². The summed E-state index contributed by atoms with van der Waals surface area (Å²) in [4.78, 5) is 13.4. The van der Waals surface area contributed by atoms with Crippen LogP contribution in [0.1, 0.15) is 58.3 Å². The molecular formula is C17H31N3O. The van der Waals surface area contributed by atoms with E-state index in [1.165, 1.54) is 45.1 Å². The van der Waals surface area contributed by atoms with Crippen molar-refractivity contribution in [1.29, 1.82) is 0 Å². The van der Waals surface area contributed by atoms with Crippen molar-refractivity contribution in [1.82, 2.24) is 15.5 Å². The highest BCUT2D eigenvalue weighted by Crippen LogP contribution is 2.32. The summed E-state index contributed by atoms with van der Waals surface area (Å²) < 4.78 is 0. The van der Waals surface area contributed by atoms with Crippen LogP contribution < -0.4 is 10.6 Å². The van der Waals surface area contributed by atoms with Crippen LogP contribution in [0.4, 0.5) is 0 Å². The van der Waals surface area contributed by atoms with E-state index >= 15 is 0 Å². The van der Waals surface area contributed by atoms with Gasteiger partial charge in [0.15, 0.2) is 0 Å². The van der Waals surface area contributed by atoms with E-state index in [1.807, 2.05) is 4.90 Å². The number of likely N-dealkylation sites (tertiary alicyclic amines) is 1. The largest absolute Gasteiger partial charge is 0.343 e. The highest BCUT2D eigenvalue weighted by atomic mass is 16.2. The van der Waals surface area contributed by atoms with Gasteiger partial charge >= 0.3 is 0 Å². The van der Waals surface area contributed by atoms with Crippen molar-refractivity contribution in [3.05, 3.63) is 0 Å². The van der Waals surface area contributed by atoms with Gasteiger partial charge in [0.1, 0.15) is 0 Å². The molecule has 4 heteroatoms. The second-order valence-corrected chi connectivity index (χ2v) is 7.20. The maximum atomic E-state index is 11.4. The average Bonchev–Trinajstić information content (AvgIpc) is 2.97. The third-order valence-corrected chi connectivity index (χ3v) is 5.82. The molecule has 0 aromatic heterocycles. The Bertz CT molecular complexity index is 346. The minimum Gasteiger partial charge on any atom is -0.343 e. The van der Waals surface area contributed by atoms with Gasteiger partial charge in [-0.05, 0) is 51.0 Å². The zero-order valence-electron chi connectivity index (χ0n) is 13.4. The zero-order chi connectivity index (χ0) is 14.7. The fourth-order valence-electron chi connectivity index (χ4n) is 4.59. The summed E-state index contributed by atoms with van der Waals surface area (Å²) in [6.45, 7) is 4.78. The van der Waals surface area contributed by atoms with E-state index in [0.717, 1.165) is 37.9 Å². The van der Waals surface area contributed by atoms with E-state index in [1.54, 1.807) is 6.92 Å². The third kappa shape index (κ3) is 3.78. The van der Waals surface area contributed by atoms with Crippen LogP contribution in [0.3, 0.4) is 0 Å². The molecule has 0 aromatic carbocycles. The second kappa shape index (κ2) is 7.10. The van der Waals surface area contributed by atoms with E-state index in [2.05, 4.69) is 10.6 Å². The minimum atomic E-state index is 0.235. The lowest BCUT2D eigenvalue weighted by Crippen LogP contribution is -2.52. The van der Waals surface area contributed by atoms with Gasteiger partial charge in [0.25, 0.3) is 0 Å². The number of carbonyl (C=O) groups excluding carboxylic acids is 1. The molecule has 4 nitrogen and oxygen atoms in total. The topological polar surface area (TPSA) is 44.4 Å². The van der Waals surface area contributed by atoms with Gasteiger partial charge in [0, 0.05) is 38.1 Å². The fourth-order valence-corrected chi connectivity index (χ4v) is 4.59. The Morgan fingerprint density at radius 2 is 1.86 bits per heavy atom. The molecule has 1 saturated carbocycles. The molecule has 0 aromatic rings. The van der Waals surface area contributed by atoms with Gasteiger partial charge in [0.05, 0.1) is 0 Å². The highest BCUT2D eigenvalue weighted by Gasteiger charge is 2.35. The number of nitrogens with zero attached hydrogens (tertiary/aromatic N) is 1. The first-order chi connectivity index (χ1) is 10.2. The number of rotatable bonds is 3. The molecule has 1 aliphatic carbocycles. The molecule has 3 aliphatic rings. The van der Waals surface area contributed by atoms with Crippen molar-refractivity contribution < 1.29 is 4.79 Å². The molecule has 120 valence electrons. The molecule has 3 rings (SSSR count). The van der Waals surface area contributed by atoms with Crippen molar-refractivity contribution in [3.63, 3.8) is 0 Å². The van der Waals surface area contributed by atoms with Crippen LogP contribution in [0.2, 0.25) is 0 Å². The molecule has 2 aliphatic heterocycles. The first-order valence-corrected chi connectivity index (χ1v) is 8.99. The minimum absolute atomic E-state index is 0.235. The first-order valence-electron chi connectivity index (χ1n) is 8.99. The fraction of sp³-hybridized carbons (Fsp3) is 0.941. The predicted molar refractivity (Wildman–Crippen MR) is 85.2 cm³/mol. The molecular weight excluding hydrogens is 262 g/mol. The summed E-state index contributed by atoms with van der Waals surface area (Å²) in [5, 5.41) is 7.70. The molecule has 0 bridgehead atoms. The van der Waals surface area contributed by atoms with Gasteiger partial charge in [-0.1, -0.05) is 12.8 Å². The Kier molecular flexibility index (Phi) is 5.17. The van der Waals surface area contributed by atoms with E-state index in [4.69, 9.17) is 0 Å². The Morgan fingerprint density at radius 1 is 1.05 bits per heavy atom. The Morgan fingerprint density at radius 3 is 2.52 bits per heavy atom. The predicted octanol–water partition coefficient (Wildman–Crippen LogP) is 1.90. The Balaban J connectivity index is 1.49. The molecule has 3 fully saturated rings. The maximum Gasteiger partial charge on any atom is 0.219 e. The van der Waals surface area contributed by atoms with Crippen LogP contribution in [-0.4, -0.2) is 48.6 Å². The second-order valence-electron chi connectivity index (χ2n) is 7.20. The molecule has 1 amide bonds. The monoisotopic (exact) mass is 293 g/mol. The van der Waals surface area contributed by atoms with Crippen molar-refractivity contribution in [2.24, 2.45) is 5.92 Å². The lowest BCUT2D eigenvalue weighted by molar-refractivity contribution is -0.129. The molecule has 2 N–H and O–H groups in total. The number of amides is 1. The van der Waals surface area contributed by atoms with E-state index in [9.17, 15) is 4.79 Å². The van der Waals surface area contributed by atoms with Crippen LogP contribution in [0.15, 0.2) is 0 Å². The lowest BCUT2D eigenvalue weighted by Gasteiger charge is -2.37. The van der Waals surface area contributed by atoms with Crippen LogP contribution >= 0.6 is 0 Å². The first kappa shape index (κ1) is 15.3. The van der Waals surface area contributed by atoms with Crippen LogP contribution in [0.5, 0.6) is 0 Å².